The van der Waals surface area contributed by atoms with Gasteiger partial charge in [-0.25, -0.2) is 4.79 Å². The Kier molecular flexibility index (Phi) is 7.27. The van der Waals surface area contributed by atoms with Crippen LogP contribution in [0, 0.1) is 40.9 Å². The summed E-state index contributed by atoms with van der Waals surface area (Å²) < 4.78 is 10.8. The number of cyclic esters (lactones) is 1. The molecule has 7 heteroatoms. The molecule has 5 rings (SSSR count). The number of carbonyl (C=O) groups excluding carboxylic acids is 2. The van der Waals surface area contributed by atoms with E-state index >= 15 is 0 Å². The smallest absolute Gasteiger partial charge is 0.407 e. The molecule has 1 aliphatic heterocycles. The highest BCUT2D eigenvalue weighted by atomic mass is 16.6. The summed E-state index contributed by atoms with van der Waals surface area (Å²) in [6.45, 7) is 4.17. The summed E-state index contributed by atoms with van der Waals surface area (Å²) >= 11 is 0. The summed E-state index contributed by atoms with van der Waals surface area (Å²) in [4.78, 5) is 29.3. The van der Waals surface area contributed by atoms with E-state index in [9.17, 15) is 14.9 Å². The zero-order valence-electron chi connectivity index (χ0n) is 21.3. The molecule has 2 aromatic rings. The molecular formula is C30H33N3O4. The molecule has 1 aromatic heterocycles. The van der Waals surface area contributed by atoms with Crippen LogP contribution in [0.1, 0.15) is 50.8 Å². The Labute approximate surface area is 217 Å². The van der Waals surface area contributed by atoms with E-state index in [2.05, 4.69) is 28.5 Å². The number of alkyl carbamates (subject to hydrolysis) is 1. The Hall–Kier alpha value is -3.66. The number of fused-ring (bicyclic) bond motifs is 2. The fourth-order valence-corrected chi connectivity index (χ4v) is 6.74. The minimum atomic E-state index is -0.362. The summed E-state index contributed by atoms with van der Waals surface area (Å²) in [6, 6.07) is 13.8. The number of carbonyl (C=O) groups is 2. The van der Waals surface area contributed by atoms with Crippen molar-refractivity contribution in [3.63, 3.8) is 0 Å². The topological polar surface area (TPSA) is 101 Å². The maximum Gasteiger partial charge on any atom is 0.407 e. The van der Waals surface area contributed by atoms with Gasteiger partial charge in [-0.3, -0.25) is 9.78 Å². The Morgan fingerprint density at radius 1 is 1.24 bits per heavy atom. The zero-order valence-corrected chi connectivity index (χ0v) is 21.3. The van der Waals surface area contributed by atoms with Crippen molar-refractivity contribution < 1.29 is 19.1 Å². The van der Waals surface area contributed by atoms with Gasteiger partial charge in [0.05, 0.1) is 29.9 Å². The molecule has 2 heterocycles. The number of allylic oxidation sites excluding steroid dienone is 1. The van der Waals surface area contributed by atoms with Crippen molar-refractivity contribution in [1.29, 1.82) is 5.26 Å². The maximum absolute atomic E-state index is 12.7. The Morgan fingerprint density at radius 2 is 2.11 bits per heavy atom. The molecule has 2 aliphatic carbocycles. The lowest BCUT2D eigenvalue weighted by atomic mass is 9.57. The summed E-state index contributed by atoms with van der Waals surface area (Å²) in [5.41, 5.74) is 3.40. The first-order valence-electron chi connectivity index (χ1n) is 13.3. The number of benzene rings is 1. The average molecular weight is 500 g/mol. The predicted octanol–water partition coefficient (Wildman–Crippen LogP) is 5.36. The number of hydrogen-bond donors (Lipinski definition) is 1. The minimum absolute atomic E-state index is 0.0741. The van der Waals surface area contributed by atoms with Crippen molar-refractivity contribution in [2.45, 2.75) is 51.7 Å². The van der Waals surface area contributed by atoms with E-state index in [-0.39, 0.29) is 42.0 Å². The van der Waals surface area contributed by atoms with Crippen molar-refractivity contribution in [2.75, 3.05) is 6.61 Å². The first-order valence-corrected chi connectivity index (χ1v) is 13.3. The van der Waals surface area contributed by atoms with Gasteiger partial charge in [-0.05, 0) is 87.1 Å². The summed E-state index contributed by atoms with van der Waals surface area (Å²) in [5.74, 6) is 0.960. The molecule has 1 aromatic carbocycles. The van der Waals surface area contributed by atoms with Gasteiger partial charge < -0.3 is 14.8 Å². The molecule has 1 amide bonds. The minimum Gasteiger partial charge on any atom is -0.462 e. The van der Waals surface area contributed by atoms with Gasteiger partial charge in [0.15, 0.2) is 0 Å². The van der Waals surface area contributed by atoms with Crippen LogP contribution < -0.4 is 5.32 Å². The fourth-order valence-electron chi connectivity index (χ4n) is 6.74. The van der Waals surface area contributed by atoms with E-state index in [0.717, 1.165) is 42.5 Å². The Morgan fingerprint density at radius 3 is 2.86 bits per heavy atom. The molecular weight excluding hydrogens is 466 g/mol. The highest BCUT2D eigenvalue weighted by molar-refractivity contribution is 5.76. The molecule has 2 saturated carbocycles. The van der Waals surface area contributed by atoms with E-state index < -0.39 is 0 Å². The lowest BCUT2D eigenvalue weighted by Gasteiger charge is -2.47. The van der Waals surface area contributed by atoms with Crippen molar-refractivity contribution in [1.82, 2.24) is 10.3 Å². The number of nitrogens with one attached hydrogen (secondary N) is 1. The predicted molar refractivity (Wildman–Crippen MR) is 139 cm³/mol. The molecule has 0 bridgehead atoms. The van der Waals surface area contributed by atoms with Crippen LogP contribution in [-0.2, 0) is 14.3 Å². The van der Waals surface area contributed by atoms with E-state index in [0.29, 0.717) is 24.0 Å². The lowest BCUT2D eigenvalue weighted by Crippen LogP contribution is -2.48. The molecule has 7 nitrogen and oxygen atoms in total. The van der Waals surface area contributed by atoms with Crippen molar-refractivity contribution in [2.24, 2.45) is 29.6 Å². The maximum atomic E-state index is 12.7. The van der Waals surface area contributed by atoms with Crippen molar-refractivity contribution in [3.8, 4) is 17.2 Å². The van der Waals surface area contributed by atoms with Crippen LogP contribution in [0.15, 0.2) is 48.7 Å². The molecule has 1 N–H and O–H groups in total. The van der Waals surface area contributed by atoms with Crippen molar-refractivity contribution in [3.05, 3.63) is 59.9 Å². The van der Waals surface area contributed by atoms with Gasteiger partial charge in [0.1, 0.15) is 6.10 Å². The summed E-state index contributed by atoms with van der Waals surface area (Å²) in [5, 5.41) is 12.2. The van der Waals surface area contributed by atoms with Crippen LogP contribution in [0.3, 0.4) is 0 Å². The first-order chi connectivity index (χ1) is 18.0. The van der Waals surface area contributed by atoms with Gasteiger partial charge >= 0.3 is 12.1 Å². The highest BCUT2D eigenvalue weighted by Crippen LogP contribution is 2.53. The second-order valence-corrected chi connectivity index (χ2v) is 10.5. The Balaban J connectivity index is 1.34. The van der Waals surface area contributed by atoms with Gasteiger partial charge in [-0.1, -0.05) is 24.3 Å². The largest absolute Gasteiger partial charge is 0.462 e. The second-order valence-electron chi connectivity index (χ2n) is 10.5. The van der Waals surface area contributed by atoms with Gasteiger partial charge in [0.2, 0.25) is 0 Å². The summed E-state index contributed by atoms with van der Waals surface area (Å²) in [6.07, 6.45) is 9.24. The van der Waals surface area contributed by atoms with Gasteiger partial charge in [-0.15, -0.1) is 0 Å². The number of nitrogens with zero attached hydrogens (tertiary/aromatic N) is 2. The van der Waals surface area contributed by atoms with E-state index in [1.165, 1.54) is 0 Å². The van der Waals surface area contributed by atoms with E-state index in [1.807, 2.05) is 43.5 Å². The molecule has 3 aliphatic rings. The monoisotopic (exact) mass is 499 g/mol. The van der Waals surface area contributed by atoms with Crippen LogP contribution in [0.2, 0.25) is 0 Å². The number of pyridine rings is 1. The third-order valence-corrected chi connectivity index (χ3v) is 8.35. The number of rotatable bonds is 5. The Bertz CT molecular complexity index is 1220. The number of nitriles is 1. The van der Waals surface area contributed by atoms with Gasteiger partial charge in [0.25, 0.3) is 0 Å². The van der Waals surface area contributed by atoms with E-state index in [4.69, 9.17) is 9.47 Å². The molecule has 3 fully saturated rings. The third kappa shape index (κ3) is 5.24. The molecule has 0 unspecified atom stereocenters. The van der Waals surface area contributed by atoms with E-state index in [1.54, 1.807) is 13.0 Å². The number of hydrogen-bond acceptors (Lipinski definition) is 6. The SMILES string of the molecule is CCOC(=O)N[C@@H]1CC[C@@H]2[C@@H](C1)C[C@H]1C(=O)O[C@H](C)[C@H]1[C@H]2/C=C/c1ccc(-c2cccc(C#N)c2)cn1. The fraction of sp³-hybridized carbons (Fsp3) is 0.467. The first kappa shape index (κ1) is 25.0. The molecule has 7 atom stereocenters. The van der Waals surface area contributed by atoms with Crippen LogP contribution in [-0.4, -0.2) is 35.8 Å². The van der Waals surface area contributed by atoms with Gasteiger partial charge in [0, 0.05) is 23.7 Å². The normalized spacial score (nSPS) is 30.6. The van der Waals surface area contributed by atoms with Crippen LogP contribution >= 0.6 is 0 Å². The van der Waals surface area contributed by atoms with Crippen molar-refractivity contribution >= 4 is 18.1 Å². The third-order valence-electron chi connectivity index (χ3n) is 8.35. The quantitative estimate of drug-likeness (QED) is 0.556. The molecule has 1 saturated heterocycles. The standard InChI is InChI=1S/C30H33N3O4/c1-3-36-30(35)33-24-10-11-25-22(14-24)15-27-28(18(2)37-29(27)34)26(25)12-9-23-8-7-21(17-32-23)20-6-4-5-19(13-20)16-31/h4-9,12-13,17-18,22,24-28H,3,10-11,14-15H2,1-2H3,(H,33,35)/b12-9+/t18-,22+,24-,25-,26+,27-,28+/m1/s1. The molecule has 0 spiro atoms. The number of esters is 1. The van der Waals surface area contributed by atoms with Crippen LogP contribution in [0.25, 0.3) is 17.2 Å². The van der Waals surface area contributed by atoms with Crippen LogP contribution in [0.5, 0.6) is 0 Å². The van der Waals surface area contributed by atoms with Gasteiger partial charge in [-0.2, -0.15) is 5.26 Å². The molecule has 37 heavy (non-hydrogen) atoms. The molecule has 0 radical (unpaired) electrons. The highest BCUT2D eigenvalue weighted by Gasteiger charge is 2.54. The lowest BCUT2D eigenvalue weighted by molar-refractivity contribution is -0.144. The average Bonchev–Trinajstić information content (AvgIpc) is 3.19. The zero-order chi connectivity index (χ0) is 25.9. The van der Waals surface area contributed by atoms with Crippen LogP contribution in [0.4, 0.5) is 4.79 Å². The number of aromatic nitrogens is 1. The summed E-state index contributed by atoms with van der Waals surface area (Å²) in [7, 11) is 0. The number of amides is 1. The molecule has 192 valence electrons. The second kappa shape index (κ2) is 10.8. The number of ether oxygens (including phenoxy) is 2.